The molecular formula is C17H17N3O2. The summed E-state index contributed by atoms with van der Waals surface area (Å²) < 4.78 is 7.45. The van der Waals surface area contributed by atoms with Crippen LogP contribution in [0.4, 0.5) is 5.69 Å². The third-order valence-corrected chi connectivity index (χ3v) is 3.46. The highest BCUT2D eigenvalue weighted by Gasteiger charge is 2.07. The number of benzene rings is 2. The lowest BCUT2D eigenvalue weighted by Gasteiger charge is -2.09. The third-order valence-electron chi connectivity index (χ3n) is 3.46. The van der Waals surface area contributed by atoms with Gasteiger partial charge in [0.15, 0.2) is 6.61 Å². The van der Waals surface area contributed by atoms with Crippen LogP contribution in [0.5, 0.6) is 5.75 Å². The molecule has 1 amide bonds. The molecule has 0 spiro atoms. The molecule has 1 heterocycles. The van der Waals surface area contributed by atoms with Crippen LogP contribution in [0.2, 0.25) is 0 Å². The second kappa shape index (κ2) is 5.89. The molecule has 3 rings (SSSR count). The smallest absolute Gasteiger partial charge is 0.262 e. The van der Waals surface area contributed by atoms with E-state index in [4.69, 9.17) is 4.74 Å². The van der Waals surface area contributed by atoms with E-state index >= 15 is 0 Å². The van der Waals surface area contributed by atoms with Crippen molar-refractivity contribution in [3.63, 3.8) is 0 Å². The molecule has 112 valence electrons. The van der Waals surface area contributed by atoms with Gasteiger partial charge < -0.3 is 14.6 Å². The molecule has 0 unspecified atom stereocenters. The van der Waals surface area contributed by atoms with Gasteiger partial charge >= 0.3 is 0 Å². The molecule has 5 nitrogen and oxygen atoms in total. The number of rotatable bonds is 4. The van der Waals surface area contributed by atoms with Gasteiger partial charge in [0.25, 0.3) is 5.91 Å². The highest BCUT2D eigenvalue weighted by Crippen LogP contribution is 2.18. The standard InChI is InChI=1S/C17H17N3O2/c1-12-5-3-4-6-16(12)22-10-17(21)19-13-7-8-14-15(9-13)20(2)11-18-14/h3-9,11H,10H2,1-2H3,(H,19,21). The summed E-state index contributed by atoms with van der Waals surface area (Å²) in [5, 5.41) is 2.84. The zero-order valence-electron chi connectivity index (χ0n) is 12.5. The van der Waals surface area contributed by atoms with Crippen LogP contribution in [-0.4, -0.2) is 22.1 Å². The molecule has 0 radical (unpaired) electrons. The average Bonchev–Trinajstić information content (AvgIpc) is 2.88. The molecule has 2 aromatic carbocycles. The fraction of sp³-hybridized carbons (Fsp3) is 0.176. The number of aryl methyl sites for hydroxylation is 2. The Morgan fingerprint density at radius 2 is 2.09 bits per heavy atom. The van der Waals surface area contributed by atoms with Crippen molar-refractivity contribution in [2.75, 3.05) is 11.9 Å². The molecule has 1 aromatic heterocycles. The van der Waals surface area contributed by atoms with Crippen LogP contribution in [0.1, 0.15) is 5.56 Å². The van der Waals surface area contributed by atoms with Crippen molar-refractivity contribution in [2.24, 2.45) is 7.05 Å². The van der Waals surface area contributed by atoms with E-state index in [9.17, 15) is 4.79 Å². The van der Waals surface area contributed by atoms with Crippen LogP contribution in [0.25, 0.3) is 11.0 Å². The summed E-state index contributed by atoms with van der Waals surface area (Å²) in [7, 11) is 1.92. The van der Waals surface area contributed by atoms with E-state index in [1.807, 2.05) is 61.0 Å². The average molecular weight is 295 g/mol. The van der Waals surface area contributed by atoms with Gasteiger partial charge in [-0.15, -0.1) is 0 Å². The van der Waals surface area contributed by atoms with Gasteiger partial charge in [0, 0.05) is 12.7 Å². The van der Waals surface area contributed by atoms with Crippen LogP contribution in [0, 0.1) is 6.92 Å². The molecule has 0 fully saturated rings. The number of nitrogens with zero attached hydrogens (tertiary/aromatic N) is 2. The summed E-state index contributed by atoms with van der Waals surface area (Å²) in [6, 6.07) is 13.2. The zero-order valence-corrected chi connectivity index (χ0v) is 12.5. The molecular weight excluding hydrogens is 278 g/mol. The fourth-order valence-corrected chi connectivity index (χ4v) is 2.26. The van der Waals surface area contributed by atoms with Crippen molar-refractivity contribution >= 4 is 22.6 Å². The first-order valence-corrected chi connectivity index (χ1v) is 7.03. The first-order valence-electron chi connectivity index (χ1n) is 7.03. The van der Waals surface area contributed by atoms with Crippen molar-refractivity contribution in [2.45, 2.75) is 6.92 Å². The number of fused-ring (bicyclic) bond motifs is 1. The number of amides is 1. The molecule has 22 heavy (non-hydrogen) atoms. The Balaban J connectivity index is 1.65. The highest BCUT2D eigenvalue weighted by atomic mass is 16.5. The normalized spacial score (nSPS) is 10.6. The lowest BCUT2D eigenvalue weighted by Crippen LogP contribution is -2.20. The van der Waals surface area contributed by atoms with E-state index in [-0.39, 0.29) is 12.5 Å². The minimum Gasteiger partial charge on any atom is -0.483 e. The van der Waals surface area contributed by atoms with Gasteiger partial charge in [0.2, 0.25) is 0 Å². The molecule has 0 saturated heterocycles. The van der Waals surface area contributed by atoms with Crippen LogP contribution in [-0.2, 0) is 11.8 Å². The molecule has 1 N–H and O–H groups in total. The fourth-order valence-electron chi connectivity index (χ4n) is 2.26. The van der Waals surface area contributed by atoms with Gasteiger partial charge in [0.05, 0.1) is 17.4 Å². The maximum atomic E-state index is 12.0. The quantitative estimate of drug-likeness (QED) is 0.805. The first kappa shape index (κ1) is 14.1. The monoisotopic (exact) mass is 295 g/mol. The molecule has 0 bridgehead atoms. The topological polar surface area (TPSA) is 56.1 Å². The Morgan fingerprint density at radius 1 is 1.27 bits per heavy atom. The molecule has 3 aromatic rings. The third kappa shape index (κ3) is 2.93. The Kier molecular flexibility index (Phi) is 3.78. The second-order valence-electron chi connectivity index (χ2n) is 5.16. The van der Waals surface area contributed by atoms with Crippen molar-refractivity contribution in [3.05, 3.63) is 54.4 Å². The van der Waals surface area contributed by atoms with Gasteiger partial charge in [-0.25, -0.2) is 4.98 Å². The molecule has 0 aliphatic heterocycles. The Labute approximate surface area is 128 Å². The van der Waals surface area contributed by atoms with E-state index in [2.05, 4.69) is 10.3 Å². The van der Waals surface area contributed by atoms with Crippen LogP contribution < -0.4 is 10.1 Å². The van der Waals surface area contributed by atoms with E-state index in [1.54, 1.807) is 6.33 Å². The number of anilines is 1. The van der Waals surface area contributed by atoms with Crippen molar-refractivity contribution in [1.29, 1.82) is 0 Å². The summed E-state index contributed by atoms with van der Waals surface area (Å²) in [5.74, 6) is 0.532. The lowest BCUT2D eigenvalue weighted by atomic mass is 10.2. The molecule has 0 aliphatic rings. The predicted octanol–water partition coefficient (Wildman–Crippen LogP) is 2.90. The number of aromatic nitrogens is 2. The van der Waals surface area contributed by atoms with E-state index in [0.29, 0.717) is 0 Å². The highest BCUT2D eigenvalue weighted by molar-refractivity contribution is 5.94. The summed E-state index contributed by atoms with van der Waals surface area (Å²) in [4.78, 5) is 16.2. The van der Waals surface area contributed by atoms with Crippen LogP contribution in [0.15, 0.2) is 48.8 Å². The Morgan fingerprint density at radius 3 is 2.91 bits per heavy atom. The number of carbonyl (C=O) groups is 1. The summed E-state index contributed by atoms with van der Waals surface area (Å²) in [6.07, 6.45) is 1.75. The minimum atomic E-state index is -0.190. The predicted molar refractivity (Wildman–Crippen MR) is 86.0 cm³/mol. The van der Waals surface area contributed by atoms with Crippen molar-refractivity contribution in [1.82, 2.24) is 9.55 Å². The van der Waals surface area contributed by atoms with Crippen LogP contribution in [0.3, 0.4) is 0 Å². The number of hydrogen-bond donors (Lipinski definition) is 1. The van der Waals surface area contributed by atoms with Crippen molar-refractivity contribution < 1.29 is 9.53 Å². The summed E-state index contributed by atoms with van der Waals surface area (Å²) >= 11 is 0. The largest absolute Gasteiger partial charge is 0.483 e. The van der Waals surface area contributed by atoms with Crippen LogP contribution >= 0.6 is 0 Å². The van der Waals surface area contributed by atoms with E-state index in [0.717, 1.165) is 28.0 Å². The van der Waals surface area contributed by atoms with Gasteiger partial charge in [-0.3, -0.25) is 4.79 Å². The zero-order chi connectivity index (χ0) is 15.5. The van der Waals surface area contributed by atoms with E-state index in [1.165, 1.54) is 0 Å². The van der Waals surface area contributed by atoms with Crippen molar-refractivity contribution in [3.8, 4) is 5.75 Å². The molecule has 0 aliphatic carbocycles. The number of para-hydroxylation sites is 1. The number of hydrogen-bond acceptors (Lipinski definition) is 3. The SMILES string of the molecule is Cc1ccccc1OCC(=O)Nc1ccc2ncn(C)c2c1. The Hall–Kier alpha value is -2.82. The van der Waals surface area contributed by atoms with Gasteiger partial charge in [-0.05, 0) is 36.8 Å². The Bertz CT molecular complexity index is 824. The van der Waals surface area contributed by atoms with Gasteiger partial charge in [0.1, 0.15) is 5.75 Å². The number of nitrogens with one attached hydrogen (secondary N) is 1. The first-order chi connectivity index (χ1) is 10.6. The molecule has 0 atom stereocenters. The summed E-state index contributed by atoms with van der Waals surface area (Å²) in [5.41, 5.74) is 3.61. The maximum Gasteiger partial charge on any atom is 0.262 e. The molecule has 0 saturated carbocycles. The summed E-state index contributed by atoms with van der Waals surface area (Å²) in [6.45, 7) is 1.93. The lowest BCUT2D eigenvalue weighted by molar-refractivity contribution is -0.118. The number of ether oxygens (including phenoxy) is 1. The van der Waals surface area contributed by atoms with Gasteiger partial charge in [-0.1, -0.05) is 18.2 Å². The minimum absolute atomic E-state index is 0.0196. The second-order valence-corrected chi connectivity index (χ2v) is 5.16. The number of carbonyl (C=O) groups excluding carboxylic acids is 1. The number of imidazole rings is 1. The van der Waals surface area contributed by atoms with Gasteiger partial charge in [-0.2, -0.15) is 0 Å². The molecule has 5 heteroatoms. The van der Waals surface area contributed by atoms with E-state index < -0.39 is 0 Å². The maximum absolute atomic E-state index is 12.0.